The first-order valence-corrected chi connectivity index (χ1v) is 4.00. The molecule has 0 aromatic heterocycles. The van der Waals surface area contributed by atoms with Gasteiger partial charge in [0.15, 0.2) is 0 Å². The van der Waals surface area contributed by atoms with Crippen molar-refractivity contribution in [2.45, 2.75) is 6.42 Å². The molecule has 0 fully saturated rings. The summed E-state index contributed by atoms with van der Waals surface area (Å²) in [6, 6.07) is 0. The van der Waals surface area contributed by atoms with Gasteiger partial charge in [0.25, 0.3) is 0 Å². The Morgan fingerprint density at radius 1 is 1.38 bits per heavy atom. The molecule has 0 atom stereocenters. The maximum Gasteiger partial charge on any atom is 0.000744 e. The Morgan fingerprint density at radius 2 is 1.88 bits per heavy atom. The summed E-state index contributed by atoms with van der Waals surface area (Å²) >= 11 is 2.39. The molecule has 3 heteroatoms. The molecule has 0 saturated carbocycles. The van der Waals surface area contributed by atoms with Gasteiger partial charge in [0.05, 0.1) is 0 Å². The summed E-state index contributed by atoms with van der Waals surface area (Å²) in [6.07, 6.45) is 1.31. The molecule has 0 aromatic rings. The maximum absolute atomic E-state index is 2.39. The van der Waals surface area contributed by atoms with Crippen molar-refractivity contribution in [1.29, 1.82) is 0 Å². The second-order valence-electron chi connectivity index (χ2n) is 1.85. The quantitative estimate of drug-likeness (QED) is 0.561. The number of rotatable bonds is 3. The van der Waals surface area contributed by atoms with Crippen LogP contribution in [0.1, 0.15) is 6.42 Å². The van der Waals surface area contributed by atoms with Crippen molar-refractivity contribution < 1.29 is 0 Å². The van der Waals surface area contributed by atoms with E-state index in [9.17, 15) is 0 Å². The predicted octanol–water partition coefficient (Wildman–Crippen LogP) is 1.99. The lowest BCUT2D eigenvalue weighted by molar-refractivity contribution is 0.411. The standard InChI is InChI=1S/C5H12IN.HI/c1-7(2)5-3-4-6;/h3-5H2,1-2H3;1H. The van der Waals surface area contributed by atoms with Crippen LogP contribution in [0.4, 0.5) is 0 Å². The third-order valence-corrected chi connectivity index (χ3v) is 1.50. The van der Waals surface area contributed by atoms with Crippen molar-refractivity contribution in [3.63, 3.8) is 0 Å². The average molecular weight is 341 g/mol. The summed E-state index contributed by atoms with van der Waals surface area (Å²) < 4.78 is 1.27. The SMILES string of the molecule is CN(C)CCCI.I. The minimum Gasteiger partial charge on any atom is -0.309 e. The molecular formula is C5H13I2N. The van der Waals surface area contributed by atoms with Crippen LogP contribution in [-0.4, -0.2) is 30.0 Å². The van der Waals surface area contributed by atoms with Crippen molar-refractivity contribution in [3.05, 3.63) is 0 Å². The Labute approximate surface area is 82.4 Å². The first kappa shape index (κ1) is 12.1. The molecule has 0 N–H and O–H groups in total. The van der Waals surface area contributed by atoms with Crippen LogP contribution in [-0.2, 0) is 0 Å². The Kier molecular flexibility index (Phi) is 12.8. The van der Waals surface area contributed by atoms with Crippen LogP contribution in [0.15, 0.2) is 0 Å². The summed E-state index contributed by atoms with van der Waals surface area (Å²) in [5.74, 6) is 0. The smallest absolute Gasteiger partial charge is 0.000744 e. The third-order valence-electron chi connectivity index (χ3n) is 0.739. The van der Waals surface area contributed by atoms with Crippen molar-refractivity contribution in [1.82, 2.24) is 4.90 Å². The molecule has 8 heavy (non-hydrogen) atoms. The maximum atomic E-state index is 2.39. The fraction of sp³-hybridized carbons (Fsp3) is 1.00. The zero-order chi connectivity index (χ0) is 5.70. The molecule has 0 radical (unpaired) electrons. The molecule has 0 rings (SSSR count). The van der Waals surface area contributed by atoms with Crippen molar-refractivity contribution in [3.8, 4) is 0 Å². The summed E-state index contributed by atoms with van der Waals surface area (Å²) in [5, 5.41) is 0. The minimum atomic E-state index is 0. The van der Waals surface area contributed by atoms with Crippen molar-refractivity contribution in [2.24, 2.45) is 0 Å². The van der Waals surface area contributed by atoms with E-state index in [1.807, 2.05) is 0 Å². The summed E-state index contributed by atoms with van der Waals surface area (Å²) in [6.45, 7) is 1.23. The van der Waals surface area contributed by atoms with E-state index in [1.54, 1.807) is 0 Å². The number of nitrogens with zero attached hydrogens (tertiary/aromatic N) is 1. The predicted molar refractivity (Wildman–Crippen MR) is 57.5 cm³/mol. The van der Waals surface area contributed by atoms with Crippen LogP contribution >= 0.6 is 46.6 Å². The molecule has 0 bridgehead atoms. The molecule has 52 valence electrons. The van der Waals surface area contributed by atoms with Crippen LogP contribution in [0, 0.1) is 0 Å². The van der Waals surface area contributed by atoms with Gasteiger partial charge in [0.1, 0.15) is 0 Å². The minimum absolute atomic E-state index is 0. The molecule has 0 spiro atoms. The molecule has 0 heterocycles. The first-order valence-electron chi connectivity index (χ1n) is 2.48. The van der Waals surface area contributed by atoms with Gasteiger partial charge < -0.3 is 4.90 Å². The largest absolute Gasteiger partial charge is 0.309 e. The van der Waals surface area contributed by atoms with E-state index in [0.29, 0.717) is 0 Å². The van der Waals surface area contributed by atoms with Gasteiger partial charge >= 0.3 is 0 Å². The number of halogens is 2. The molecule has 0 unspecified atom stereocenters. The topological polar surface area (TPSA) is 3.24 Å². The zero-order valence-corrected chi connectivity index (χ0v) is 9.84. The van der Waals surface area contributed by atoms with Gasteiger partial charge in [-0.25, -0.2) is 0 Å². The van der Waals surface area contributed by atoms with E-state index in [1.165, 1.54) is 17.4 Å². The van der Waals surface area contributed by atoms with Crippen LogP contribution in [0.2, 0.25) is 0 Å². The molecule has 0 aliphatic heterocycles. The van der Waals surface area contributed by atoms with Crippen LogP contribution < -0.4 is 0 Å². The van der Waals surface area contributed by atoms with E-state index in [0.717, 1.165) is 0 Å². The lowest BCUT2D eigenvalue weighted by Crippen LogP contribution is -2.12. The van der Waals surface area contributed by atoms with Gasteiger partial charge in [-0.15, -0.1) is 24.0 Å². The Morgan fingerprint density at radius 3 is 2.00 bits per heavy atom. The average Bonchev–Trinajstić information content (AvgIpc) is 1.61. The summed E-state index contributed by atoms with van der Waals surface area (Å²) in [7, 11) is 4.21. The fourth-order valence-electron chi connectivity index (χ4n) is 0.376. The number of hydrogen-bond donors (Lipinski definition) is 0. The fourth-order valence-corrected chi connectivity index (χ4v) is 0.717. The molecule has 0 aliphatic carbocycles. The van der Waals surface area contributed by atoms with Gasteiger partial charge in [-0.2, -0.15) is 0 Å². The molecule has 0 aliphatic rings. The molecule has 0 saturated heterocycles. The Balaban J connectivity index is 0. The van der Waals surface area contributed by atoms with Gasteiger partial charge in [-0.1, -0.05) is 22.6 Å². The lowest BCUT2D eigenvalue weighted by Gasteiger charge is -2.05. The molecule has 0 aromatic carbocycles. The third kappa shape index (κ3) is 10.4. The van der Waals surface area contributed by atoms with Crippen LogP contribution in [0.5, 0.6) is 0 Å². The Hall–Kier alpha value is 1.42. The van der Waals surface area contributed by atoms with E-state index in [2.05, 4.69) is 41.6 Å². The van der Waals surface area contributed by atoms with Crippen molar-refractivity contribution >= 4 is 46.6 Å². The molecule has 0 amide bonds. The second kappa shape index (κ2) is 8.42. The number of hydrogen-bond acceptors (Lipinski definition) is 1. The second-order valence-corrected chi connectivity index (χ2v) is 2.92. The van der Waals surface area contributed by atoms with Gasteiger partial charge in [-0.05, 0) is 27.1 Å². The lowest BCUT2D eigenvalue weighted by atomic mass is 10.5. The molecular weight excluding hydrogens is 328 g/mol. The Bertz CT molecular complexity index is 39.4. The highest BCUT2D eigenvalue weighted by molar-refractivity contribution is 14.1. The number of alkyl halides is 1. The first-order chi connectivity index (χ1) is 3.27. The highest BCUT2D eigenvalue weighted by atomic mass is 127. The normalized spacial score (nSPS) is 9.00. The van der Waals surface area contributed by atoms with E-state index in [4.69, 9.17) is 0 Å². The summed E-state index contributed by atoms with van der Waals surface area (Å²) in [5.41, 5.74) is 0. The van der Waals surface area contributed by atoms with Gasteiger partial charge in [0, 0.05) is 4.43 Å². The highest BCUT2D eigenvalue weighted by Crippen LogP contribution is 1.88. The van der Waals surface area contributed by atoms with Gasteiger partial charge in [0.2, 0.25) is 0 Å². The monoisotopic (exact) mass is 341 g/mol. The van der Waals surface area contributed by atoms with E-state index < -0.39 is 0 Å². The van der Waals surface area contributed by atoms with Gasteiger partial charge in [-0.3, -0.25) is 0 Å². The molecule has 1 nitrogen and oxygen atoms in total. The van der Waals surface area contributed by atoms with Crippen LogP contribution in [0.25, 0.3) is 0 Å². The zero-order valence-electron chi connectivity index (χ0n) is 5.35. The van der Waals surface area contributed by atoms with E-state index >= 15 is 0 Å². The highest BCUT2D eigenvalue weighted by Gasteiger charge is 1.84. The van der Waals surface area contributed by atoms with Crippen molar-refractivity contribution in [2.75, 3.05) is 25.1 Å². The summed E-state index contributed by atoms with van der Waals surface area (Å²) in [4.78, 5) is 2.21. The van der Waals surface area contributed by atoms with E-state index in [-0.39, 0.29) is 24.0 Å². The van der Waals surface area contributed by atoms with Crippen LogP contribution in [0.3, 0.4) is 0 Å².